The van der Waals surface area contributed by atoms with Gasteiger partial charge in [0.25, 0.3) is 5.91 Å². The third kappa shape index (κ3) is 5.45. The summed E-state index contributed by atoms with van der Waals surface area (Å²) < 4.78 is 31.8. The Balaban J connectivity index is 1.90. The summed E-state index contributed by atoms with van der Waals surface area (Å²) in [5.41, 5.74) is 2.06. The molecular weight excluding hydrogens is 432 g/mol. The van der Waals surface area contributed by atoms with Gasteiger partial charge in [-0.15, -0.1) is 0 Å². The minimum atomic E-state index is -3.70. The number of morpholine rings is 1. The van der Waals surface area contributed by atoms with Crippen LogP contribution in [-0.4, -0.2) is 64.9 Å². The third-order valence-electron chi connectivity index (χ3n) is 5.09. The fraction of sp³-hybridized carbons (Fsp3) is 0.364. The number of sulfonamides is 1. The lowest BCUT2D eigenvalue weighted by atomic mass is 10.1. The highest BCUT2D eigenvalue weighted by molar-refractivity contribution is 7.89. The average molecular weight is 461 g/mol. The van der Waals surface area contributed by atoms with Crippen LogP contribution in [0.2, 0.25) is 0 Å². The summed E-state index contributed by atoms with van der Waals surface area (Å²) in [4.78, 5) is 26.8. The molecule has 0 atom stereocenters. The number of amides is 2. The predicted molar refractivity (Wildman–Crippen MR) is 124 cm³/mol. The number of rotatable bonds is 7. The fourth-order valence-electron chi connectivity index (χ4n) is 3.23. The minimum Gasteiger partial charge on any atom is -0.378 e. The molecule has 0 bridgehead atoms. The molecule has 0 aromatic heterocycles. The van der Waals surface area contributed by atoms with E-state index in [4.69, 9.17) is 4.74 Å². The Morgan fingerprint density at radius 3 is 2.16 bits per heavy atom. The molecule has 1 fully saturated rings. The molecular formula is C22H28N4O5S. The van der Waals surface area contributed by atoms with Gasteiger partial charge in [0.2, 0.25) is 15.9 Å². The lowest BCUT2D eigenvalue weighted by Gasteiger charge is -2.30. The van der Waals surface area contributed by atoms with Gasteiger partial charge >= 0.3 is 0 Å². The summed E-state index contributed by atoms with van der Waals surface area (Å²) >= 11 is 0. The van der Waals surface area contributed by atoms with E-state index in [-0.39, 0.29) is 16.4 Å². The van der Waals surface area contributed by atoms with Gasteiger partial charge in [-0.05, 0) is 42.5 Å². The molecule has 1 saturated heterocycles. The Hall–Kier alpha value is -2.95. The lowest BCUT2D eigenvalue weighted by molar-refractivity contribution is -0.115. The van der Waals surface area contributed by atoms with Crippen molar-refractivity contribution < 1.29 is 22.7 Å². The van der Waals surface area contributed by atoms with Gasteiger partial charge in [0.1, 0.15) is 0 Å². The molecule has 32 heavy (non-hydrogen) atoms. The normalized spacial score (nSPS) is 14.3. The molecule has 0 spiro atoms. The Morgan fingerprint density at radius 1 is 1.00 bits per heavy atom. The van der Waals surface area contributed by atoms with Crippen LogP contribution in [0.15, 0.2) is 47.4 Å². The molecule has 0 aliphatic carbocycles. The Bertz CT molecular complexity index is 1080. The smallest absolute Gasteiger partial charge is 0.257 e. The number of benzene rings is 2. The van der Waals surface area contributed by atoms with E-state index in [1.807, 2.05) is 4.90 Å². The highest BCUT2D eigenvalue weighted by Gasteiger charge is 2.24. The van der Waals surface area contributed by atoms with Crippen LogP contribution in [0.25, 0.3) is 0 Å². The zero-order valence-corrected chi connectivity index (χ0v) is 19.2. The molecule has 2 aromatic rings. The Kier molecular flexibility index (Phi) is 7.49. The van der Waals surface area contributed by atoms with Crippen LogP contribution < -0.4 is 15.5 Å². The van der Waals surface area contributed by atoms with Gasteiger partial charge in [-0.1, -0.05) is 6.92 Å². The van der Waals surface area contributed by atoms with E-state index in [0.29, 0.717) is 49.8 Å². The molecule has 0 unspecified atom stereocenters. The molecule has 2 N–H and O–H groups in total. The molecule has 10 heteroatoms. The van der Waals surface area contributed by atoms with Crippen molar-refractivity contribution in [2.75, 3.05) is 55.9 Å². The highest BCUT2D eigenvalue weighted by atomic mass is 32.2. The molecule has 3 rings (SSSR count). The number of anilines is 3. The molecule has 1 heterocycles. The zero-order chi connectivity index (χ0) is 23.3. The monoisotopic (exact) mass is 460 g/mol. The van der Waals surface area contributed by atoms with Gasteiger partial charge in [-0.25, -0.2) is 12.7 Å². The van der Waals surface area contributed by atoms with Gasteiger partial charge in [0.05, 0.1) is 23.7 Å². The van der Waals surface area contributed by atoms with E-state index in [1.165, 1.54) is 26.2 Å². The van der Waals surface area contributed by atoms with E-state index in [9.17, 15) is 18.0 Å². The topological polar surface area (TPSA) is 108 Å². The van der Waals surface area contributed by atoms with Crippen LogP contribution in [-0.2, 0) is 19.6 Å². The predicted octanol–water partition coefficient (Wildman–Crippen LogP) is 2.37. The summed E-state index contributed by atoms with van der Waals surface area (Å²) in [6.45, 7) is 4.03. The summed E-state index contributed by atoms with van der Waals surface area (Å²) in [7, 11) is -0.807. The first-order chi connectivity index (χ1) is 15.2. The largest absolute Gasteiger partial charge is 0.378 e. The van der Waals surface area contributed by atoms with Crippen LogP contribution in [0.4, 0.5) is 17.1 Å². The van der Waals surface area contributed by atoms with Crippen molar-refractivity contribution in [2.45, 2.75) is 18.2 Å². The average Bonchev–Trinajstić information content (AvgIpc) is 2.80. The van der Waals surface area contributed by atoms with Crippen LogP contribution in [0.5, 0.6) is 0 Å². The fourth-order valence-corrected chi connectivity index (χ4v) is 4.16. The number of hydrogen-bond acceptors (Lipinski definition) is 6. The summed E-state index contributed by atoms with van der Waals surface area (Å²) in [6.07, 6.45) is 0.370. The van der Waals surface area contributed by atoms with E-state index in [2.05, 4.69) is 10.6 Å². The second-order valence-electron chi connectivity index (χ2n) is 7.50. The first kappa shape index (κ1) is 23.7. The second kappa shape index (κ2) is 10.1. The Labute approximate surface area is 188 Å². The van der Waals surface area contributed by atoms with Crippen LogP contribution in [0.1, 0.15) is 23.7 Å². The van der Waals surface area contributed by atoms with E-state index >= 15 is 0 Å². The van der Waals surface area contributed by atoms with Crippen molar-refractivity contribution in [2.24, 2.45) is 0 Å². The van der Waals surface area contributed by atoms with Crippen molar-refractivity contribution in [3.05, 3.63) is 48.0 Å². The summed E-state index contributed by atoms with van der Waals surface area (Å²) in [5, 5.41) is 5.57. The van der Waals surface area contributed by atoms with Crippen molar-refractivity contribution in [1.29, 1.82) is 0 Å². The number of carbonyl (C=O) groups is 2. The number of carbonyl (C=O) groups excluding carboxylic acids is 2. The minimum absolute atomic E-state index is 0.0438. The Morgan fingerprint density at radius 2 is 1.59 bits per heavy atom. The van der Waals surface area contributed by atoms with E-state index in [0.717, 1.165) is 4.31 Å². The van der Waals surface area contributed by atoms with Crippen molar-refractivity contribution in [3.8, 4) is 0 Å². The molecule has 0 radical (unpaired) electrons. The molecule has 172 valence electrons. The molecule has 2 amide bonds. The zero-order valence-electron chi connectivity index (χ0n) is 18.4. The number of nitrogens with one attached hydrogen (secondary N) is 2. The van der Waals surface area contributed by atoms with E-state index in [1.54, 1.807) is 37.3 Å². The number of nitrogens with zero attached hydrogens (tertiary/aromatic N) is 2. The van der Waals surface area contributed by atoms with Gasteiger partial charge in [0.15, 0.2) is 0 Å². The standard InChI is InChI=1S/C22H28N4O5S/c1-4-21(27)23-16-5-7-17(8-6-16)24-22(28)19-15-18(32(29,30)25(2)3)9-10-20(19)26-11-13-31-14-12-26/h5-10,15H,4,11-14H2,1-3H3,(H,23,27)(H,24,28). The van der Waals surface area contributed by atoms with Crippen LogP contribution in [0.3, 0.4) is 0 Å². The molecule has 9 nitrogen and oxygen atoms in total. The molecule has 0 saturated carbocycles. The van der Waals surface area contributed by atoms with Crippen molar-refractivity contribution in [1.82, 2.24) is 4.31 Å². The molecule has 1 aliphatic rings. The molecule has 1 aliphatic heterocycles. The van der Waals surface area contributed by atoms with Crippen LogP contribution >= 0.6 is 0 Å². The van der Waals surface area contributed by atoms with E-state index < -0.39 is 15.9 Å². The van der Waals surface area contributed by atoms with Crippen LogP contribution in [0, 0.1) is 0 Å². The van der Waals surface area contributed by atoms with Gasteiger partial charge in [-0.2, -0.15) is 0 Å². The number of hydrogen-bond donors (Lipinski definition) is 2. The van der Waals surface area contributed by atoms with Crippen molar-refractivity contribution in [3.63, 3.8) is 0 Å². The molecule has 2 aromatic carbocycles. The van der Waals surface area contributed by atoms with Gasteiger partial charge < -0.3 is 20.3 Å². The quantitative estimate of drug-likeness (QED) is 0.657. The second-order valence-corrected chi connectivity index (χ2v) is 9.65. The highest BCUT2D eigenvalue weighted by Crippen LogP contribution is 2.27. The lowest BCUT2D eigenvalue weighted by Crippen LogP contribution is -2.37. The van der Waals surface area contributed by atoms with Crippen molar-refractivity contribution >= 4 is 38.9 Å². The maximum absolute atomic E-state index is 13.2. The SMILES string of the molecule is CCC(=O)Nc1ccc(NC(=O)c2cc(S(=O)(=O)N(C)C)ccc2N2CCOCC2)cc1. The first-order valence-electron chi connectivity index (χ1n) is 10.3. The summed E-state index contributed by atoms with van der Waals surface area (Å²) in [5.74, 6) is -0.525. The maximum atomic E-state index is 13.2. The first-order valence-corrected chi connectivity index (χ1v) is 11.8. The van der Waals surface area contributed by atoms with Gasteiger partial charge in [-0.3, -0.25) is 9.59 Å². The maximum Gasteiger partial charge on any atom is 0.257 e. The summed E-state index contributed by atoms with van der Waals surface area (Å²) in [6, 6.07) is 11.3. The number of ether oxygens (including phenoxy) is 1. The third-order valence-corrected chi connectivity index (χ3v) is 6.90. The van der Waals surface area contributed by atoms with Gasteiger partial charge in [0, 0.05) is 50.7 Å².